The van der Waals surface area contributed by atoms with Crippen molar-refractivity contribution in [2.75, 3.05) is 14.1 Å². The van der Waals surface area contributed by atoms with E-state index in [0.717, 1.165) is 6.42 Å². The highest BCUT2D eigenvalue weighted by atomic mass is 16.2. The van der Waals surface area contributed by atoms with Crippen LogP contribution in [0.25, 0.3) is 0 Å². The standard InChI is InChI=1S/C10H20N2O2/c1-6-7(2)9(11-8(3)13)10(14)12(4)5/h7,9H,6H2,1-5H3,(H,11,13)/t7-,9-/m0/s1. The van der Waals surface area contributed by atoms with Crippen LogP contribution in [0, 0.1) is 5.92 Å². The van der Waals surface area contributed by atoms with Gasteiger partial charge >= 0.3 is 0 Å². The molecule has 2 amide bonds. The van der Waals surface area contributed by atoms with Crippen LogP contribution in [0.1, 0.15) is 27.2 Å². The lowest BCUT2D eigenvalue weighted by Gasteiger charge is -2.25. The quantitative estimate of drug-likeness (QED) is 0.723. The van der Waals surface area contributed by atoms with Crippen LogP contribution in [0.5, 0.6) is 0 Å². The van der Waals surface area contributed by atoms with Gasteiger partial charge in [0, 0.05) is 21.0 Å². The molecule has 0 aliphatic heterocycles. The third-order valence-corrected chi connectivity index (χ3v) is 2.28. The molecule has 0 aliphatic rings. The molecule has 0 aliphatic carbocycles. The van der Waals surface area contributed by atoms with Gasteiger partial charge in [0.1, 0.15) is 6.04 Å². The van der Waals surface area contributed by atoms with Crippen LogP contribution >= 0.6 is 0 Å². The average molecular weight is 200 g/mol. The van der Waals surface area contributed by atoms with Crippen LogP contribution < -0.4 is 5.32 Å². The zero-order valence-corrected chi connectivity index (χ0v) is 9.63. The van der Waals surface area contributed by atoms with Crippen molar-refractivity contribution < 1.29 is 9.59 Å². The Hall–Kier alpha value is -1.06. The van der Waals surface area contributed by atoms with Gasteiger partial charge in [0.05, 0.1) is 0 Å². The van der Waals surface area contributed by atoms with Gasteiger partial charge in [-0.15, -0.1) is 0 Å². The fourth-order valence-electron chi connectivity index (χ4n) is 1.18. The first-order valence-electron chi connectivity index (χ1n) is 4.88. The number of nitrogens with zero attached hydrogens (tertiary/aromatic N) is 1. The molecule has 2 atom stereocenters. The molecule has 0 saturated heterocycles. The average Bonchev–Trinajstić information content (AvgIpc) is 2.11. The van der Waals surface area contributed by atoms with E-state index in [-0.39, 0.29) is 17.7 Å². The fourth-order valence-corrected chi connectivity index (χ4v) is 1.18. The van der Waals surface area contributed by atoms with Crippen molar-refractivity contribution in [3.05, 3.63) is 0 Å². The zero-order valence-electron chi connectivity index (χ0n) is 9.63. The summed E-state index contributed by atoms with van der Waals surface area (Å²) in [5.74, 6) is -0.0474. The number of hydrogen-bond acceptors (Lipinski definition) is 2. The van der Waals surface area contributed by atoms with Gasteiger partial charge in [0.15, 0.2) is 0 Å². The number of hydrogen-bond donors (Lipinski definition) is 1. The highest BCUT2D eigenvalue weighted by molar-refractivity contribution is 5.86. The predicted octanol–water partition coefficient (Wildman–Crippen LogP) is 0.625. The van der Waals surface area contributed by atoms with Crippen LogP contribution in [-0.2, 0) is 9.59 Å². The summed E-state index contributed by atoms with van der Waals surface area (Å²) in [5.41, 5.74) is 0. The van der Waals surface area contributed by atoms with E-state index in [1.165, 1.54) is 11.8 Å². The van der Waals surface area contributed by atoms with E-state index in [1.54, 1.807) is 14.1 Å². The Morgan fingerprint density at radius 2 is 1.86 bits per heavy atom. The minimum atomic E-state index is -0.396. The molecule has 0 spiro atoms. The van der Waals surface area contributed by atoms with Gasteiger partial charge in [-0.2, -0.15) is 0 Å². The zero-order chi connectivity index (χ0) is 11.3. The molecule has 82 valence electrons. The first-order valence-corrected chi connectivity index (χ1v) is 4.88. The van der Waals surface area contributed by atoms with Crippen LogP contribution in [0.4, 0.5) is 0 Å². The summed E-state index contributed by atoms with van der Waals surface area (Å²) in [7, 11) is 3.39. The molecule has 0 aromatic carbocycles. The molecule has 0 aromatic heterocycles. The number of amides is 2. The second-order valence-corrected chi connectivity index (χ2v) is 3.80. The van der Waals surface area contributed by atoms with Gasteiger partial charge in [-0.05, 0) is 5.92 Å². The molecule has 0 heterocycles. The van der Waals surface area contributed by atoms with Gasteiger partial charge in [-0.1, -0.05) is 20.3 Å². The first kappa shape index (κ1) is 12.9. The lowest BCUT2D eigenvalue weighted by atomic mass is 9.98. The minimum absolute atomic E-state index is 0.0467. The molecule has 4 nitrogen and oxygen atoms in total. The number of rotatable bonds is 4. The summed E-state index contributed by atoms with van der Waals surface area (Å²) in [6.45, 7) is 5.39. The Kier molecular flexibility index (Phi) is 5.20. The fraction of sp³-hybridized carbons (Fsp3) is 0.800. The molecule has 0 rings (SSSR count). The molecule has 0 saturated carbocycles. The van der Waals surface area contributed by atoms with E-state index in [2.05, 4.69) is 5.32 Å². The molecule has 0 bridgehead atoms. The van der Waals surface area contributed by atoms with Gasteiger partial charge < -0.3 is 10.2 Å². The molecular weight excluding hydrogens is 180 g/mol. The number of carbonyl (C=O) groups is 2. The third kappa shape index (κ3) is 3.77. The highest BCUT2D eigenvalue weighted by Crippen LogP contribution is 2.09. The number of nitrogens with one attached hydrogen (secondary N) is 1. The van der Waals surface area contributed by atoms with Crippen LogP contribution in [0.3, 0.4) is 0 Å². The van der Waals surface area contributed by atoms with E-state index >= 15 is 0 Å². The minimum Gasteiger partial charge on any atom is -0.347 e. The predicted molar refractivity (Wildman–Crippen MR) is 55.8 cm³/mol. The second-order valence-electron chi connectivity index (χ2n) is 3.80. The first-order chi connectivity index (χ1) is 6.40. The smallest absolute Gasteiger partial charge is 0.244 e. The summed E-state index contributed by atoms with van der Waals surface area (Å²) in [6, 6.07) is -0.396. The van der Waals surface area contributed by atoms with Gasteiger partial charge in [-0.25, -0.2) is 0 Å². The summed E-state index contributed by atoms with van der Waals surface area (Å²) in [4.78, 5) is 24.1. The second kappa shape index (κ2) is 5.62. The molecular formula is C10H20N2O2. The van der Waals surface area contributed by atoms with Crippen LogP contribution in [-0.4, -0.2) is 36.9 Å². The lowest BCUT2D eigenvalue weighted by Crippen LogP contribution is -2.49. The molecule has 14 heavy (non-hydrogen) atoms. The summed E-state index contributed by atoms with van der Waals surface area (Å²) in [5, 5.41) is 2.68. The Bertz CT molecular complexity index is 214. The Balaban J connectivity index is 4.54. The Labute approximate surface area is 85.7 Å². The topological polar surface area (TPSA) is 49.4 Å². The van der Waals surface area contributed by atoms with Crippen molar-refractivity contribution in [3.8, 4) is 0 Å². The molecule has 1 N–H and O–H groups in total. The largest absolute Gasteiger partial charge is 0.347 e. The van der Waals surface area contributed by atoms with E-state index in [1.807, 2.05) is 13.8 Å². The molecule has 4 heteroatoms. The SMILES string of the molecule is CC[C@H](C)[C@H](NC(C)=O)C(=O)N(C)C. The van der Waals surface area contributed by atoms with Crippen molar-refractivity contribution in [1.29, 1.82) is 0 Å². The van der Waals surface area contributed by atoms with Crippen molar-refractivity contribution in [3.63, 3.8) is 0 Å². The molecule has 0 fully saturated rings. The van der Waals surface area contributed by atoms with Crippen LogP contribution in [0.2, 0.25) is 0 Å². The van der Waals surface area contributed by atoms with Gasteiger partial charge in [0.2, 0.25) is 11.8 Å². The Morgan fingerprint density at radius 3 is 2.14 bits per heavy atom. The van der Waals surface area contributed by atoms with Crippen molar-refractivity contribution in [2.45, 2.75) is 33.2 Å². The van der Waals surface area contributed by atoms with Crippen molar-refractivity contribution in [1.82, 2.24) is 10.2 Å². The summed E-state index contributed by atoms with van der Waals surface area (Å²) < 4.78 is 0. The van der Waals surface area contributed by atoms with Crippen LogP contribution in [0.15, 0.2) is 0 Å². The maximum absolute atomic E-state index is 11.7. The molecule has 0 aromatic rings. The normalized spacial score (nSPS) is 14.4. The van der Waals surface area contributed by atoms with Crippen molar-refractivity contribution in [2.24, 2.45) is 5.92 Å². The number of carbonyl (C=O) groups excluding carboxylic acids is 2. The third-order valence-electron chi connectivity index (χ3n) is 2.28. The highest BCUT2D eigenvalue weighted by Gasteiger charge is 2.25. The van der Waals surface area contributed by atoms with Crippen molar-refractivity contribution >= 4 is 11.8 Å². The monoisotopic (exact) mass is 200 g/mol. The maximum Gasteiger partial charge on any atom is 0.244 e. The molecule has 0 unspecified atom stereocenters. The molecule has 0 radical (unpaired) electrons. The lowest BCUT2D eigenvalue weighted by molar-refractivity contribution is -0.135. The van der Waals surface area contributed by atoms with E-state index in [9.17, 15) is 9.59 Å². The van der Waals surface area contributed by atoms with Gasteiger partial charge in [0.25, 0.3) is 0 Å². The maximum atomic E-state index is 11.7. The van der Waals surface area contributed by atoms with E-state index in [4.69, 9.17) is 0 Å². The van der Waals surface area contributed by atoms with Gasteiger partial charge in [-0.3, -0.25) is 9.59 Å². The Morgan fingerprint density at radius 1 is 1.36 bits per heavy atom. The van der Waals surface area contributed by atoms with E-state index < -0.39 is 6.04 Å². The summed E-state index contributed by atoms with van der Waals surface area (Å²) in [6.07, 6.45) is 0.866. The van der Waals surface area contributed by atoms with E-state index in [0.29, 0.717) is 0 Å². The number of likely N-dealkylation sites (N-methyl/N-ethyl adjacent to an activating group) is 1. The summed E-state index contributed by atoms with van der Waals surface area (Å²) >= 11 is 0.